The van der Waals surface area contributed by atoms with Gasteiger partial charge in [-0.25, -0.2) is 9.59 Å². The second-order valence-corrected chi connectivity index (χ2v) is 12.5. The van der Waals surface area contributed by atoms with E-state index in [0.717, 1.165) is 36.8 Å². The van der Waals surface area contributed by atoms with Gasteiger partial charge < -0.3 is 19.7 Å². The minimum Gasteiger partial charge on any atom is -0.423 e. The predicted molar refractivity (Wildman–Crippen MR) is 190 cm³/mol. The van der Waals surface area contributed by atoms with Crippen molar-refractivity contribution in [3.8, 4) is 22.6 Å². The quantitative estimate of drug-likeness (QED) is 0.0593. The number of rotatable bonds is 19. The van der Waals surface area contributed by atoms with Gasteiger partial charge in [0, 0.05) is 35.8 Å². The molecule has 0 saturated carbocycles. The lowest BCUT2D eigenvalue weighted by Gasteiger charge is -2.19. The number of carbonyl (C=O) groups is 2. The maximum absolute atomic E-state index is 12.8. The lowest BCUT2D eigenvalue weighted by atomic mass is 9.91. The van der Waals surface area contributed by atoms with Gasteiger partial charge in [-0.05, 0) is 111 Å². The molecule has 6 nitrogen and oxygen atoms in total. The summed E-state index contributed by atoms with van der Waals surface area (Å²) in [4.78, 5) is 25.5. The number of ether oxygens (including phenoxy) is 2. The van der Waals surface area contributed by atoms with E-state index in [1.54, 1.807) is 26.0 Å². The van der Waals surface area contributed by atoms with Crippen LogP contribution >= 0.6 is 0 Å². The number of unbranched alkanes of at least 4 members (excludes halogenated alkanes) is 2. The van der Waals surface area contributed by atoms with Gasteiger partial charge >= 0.3 is 11.9 Å². The van der Waals surface area contributed by atoms with E-state index >= 15 is 0 Å². The van der Waals surface area contributed by atoms with Crippen LogP contribution in [0.5, 0.6) is 11.5 Å². The third-order valence-corrected chi connectivity index (χ3v) is 8.47. The summed E-state index contributed by atoms with van der Waals surface area (Å²) in [7, 11) is 0. The van der Waals surface area contributed by atoms with E-state index in [2.05, 4.69) is 69.5 Å². The van der Waals surface area contributed by atoms with E-state index in [1.807, 2.05) is 0 Å². The van der Waals surface area contributed by atoms with Gasteiger partial charge in [0.05, 0.1) is 0 Å². The Balaban J connectivity index is 1.97. The number of hydrogen-bond acceptors (Lipinski definition) is 6. The molecular weight excluding hydrogens is 588 g/mol. The molecule has 2 N–H and O–H groups in total. The van der Waals surface area contributed by atoms with E-state index in [-0.39, 0.29) is 30.3 Å². The van der Waals surface area contributed by atoms with Crippen molar-refractivity contribution in [2.75, 3.05) is 13.2 Å². The molecule has 3 aromatic carbocycles. The highest BCUT2D eigenvalue weighted by atomic mass is 16.5. The van der Waals surface area contributed by atoms with Crippen molar-refractivity contribution in [3.63, 3.8) is 0 Å². The first kappa shape index (κ1) is 37.5. The average Bonchev–Trinajstić information content (AvgIpc) is 3.07. The number of hydrogen-bond donors (Lipinski definition) is 2. The fraction of sp³-hybridized carbons (Fsp3) is 0.415. The molecule has 47 heavy (non-hydrogen) atoms. The van der Waals surface area contributed by atoms with Gasteiger partial charge in [0.1, 0.15) is 11.5 Å². The molecule has 0 aromatic heterocycles. The molecule has 0 bridgehead atoms. The minimum absolute atomic E-state index is 0.115. The van der Waals surface area contributed by atoms with E-state index in [0.29, 0.717) is 41.9 Å². The summed E-state index contributed by atoms with van der Waals surface area (Å²) in [6, 6.07) is 18.9. The first-order valence-corrected chi connectivity index (χ1v) is 16.9. The molecule has 3 rings (SSSR count). The van der Waals surface area contributed by atoms with Crippen LogP contribution in [0, 0.1) is 5.92 Å². The summed E-state index contributed by atoms with van der Waals surface area (Å²) >= 11 is 0. The van der Waals surface area contributed by atoms with Gasteiger partial charge in [0.15, 0.2) is 0 Å². The maximum Gasteiger partial charge on any atom is 0.338 e. The number of esters is 2. The molecule has 252 valence electrons. The molecule has 0 aliphatic heterocycles. The zero-order valence-electron chi connectivity index (χ0n) is 28.7. The van der Waals surface area contributed by atoms with Crippen LogP contribution in [-0.2, 0) is 41.7 Å². The molecule has 0 amide bonds. The average molecular weight is 641 g/mol. The number of aryl methyl sites for hydroxylation is 5. The third kappa shape index (κ3) is 11.3. The van der Waals surface area contributed by atoms with Gasteiger partial charge in [-0.15, -0.1) is 0 Å². The van der Waals surface area contributed by atoms with Crippen LogP contribution in [0.3, 0.4) is 0 Å². The van der Waals surface area contributed by atoms with E-state index in [4.69, 9.17) is 9.47 Å². The minimum atomic E-state index is -0.549. The Labute approximate surface area is 281 Å². The number of aliphatic hydroxyl groups excluding tert-OH is 2. The first-order valence-electron chi connectivity index (χ1n) is 16.9. The summed E-state index contributed by atoms with van der Waals surface area (Å²) in [6.07, 6.45) is 9.09. The third-order valence-electron chi connectivity index (χ3n) is 8.47. The summed E-state index contributed by atoms with van der Waals surface area (Å²) < 4.78 is 11.7. The van der Waals surface area contributed by atoms with Gasteiger partial charge in [0.2, 0.25) is 0 Å². The van der Waals surface area contributed by atoms with Gasteiger partial charge in [0.25, 0.3) is 0 Å². The largest absolute Gasteiger partial charge is 0.423 e. The topological polar surface area (TPSA) is 93.1 Å². The van der Waals surface area contributed by atoms with Crippen molar-refractivity contribution in [2.45, 2.75) is 91.9 Å². The first-order chi connectivity index (χ1) is 22.6. The van der Waals surface area contributed by atoms with Crippen molar-refractivity contribution in [2.24, 2.45) is 5.92 Å². The molecule has 6 heteroatoms. The molecule has 0 radical (unpaired) electrons. The Hall–Kier alpha value is -4.00. The van der Waals surface area contributed by atoms with E-state index in [9.17, 15) is 19.8 Å². The highest BCUT2D eigenvalue weighted by Crippen LogP contribution is 2.40. The number of carbonyl (C=O) groups excluding carboxylic acids is 2. The lowest BCUT2D eigenvalue weighted by Crippen LogP contribution is -2.13. The van der Waals surface area contributed by atoms with Crippen LogP contribution in [-0.4, -0.2) is 35.4 Å². The van der Waals surface area contributed by atoms with Gasteiger partial charge in [-0.1, -0.05) is 82.3 Å². The molecule has 0 atom stereocenters. The number of benzene rings is 3. The summed E-state index contributed by atoms with van der Waals surface area (Å²) in [5, 5.41) is 19.0. The van der Waals surface area contributed by atoms with Crippen LogP contribution in [0.2, 0.25) is 0 Å². The van der Waals surface area contributed by atoms with Crippen LogP contribution in [0.25, 0.3) is 11.1 Å². The Kier molecular flexibility index (Phi) is 15.1. The molecule has 0 heterocycles. The fourth-order valence-electron chi connectivity index (χ4n) is 5.48. The molecule has 0 saturated heterocycles. The molecule has 0 spiro atoms. The number of aliphatic hydroxyl groups is 2. The van der Waals surface area contributed by atoms with Crippen molar-refractivity contribution in [1.82, 2.24) is 0 Å². The molecule has 0 fully saturated rings. The Morgan fingerprint density at radius 2 is 1.23 bits per heavy atom. The lowest BCUT2D eigenvalue weighted by molar-refractivity contribution is -0.131. The molecule has 3 aromatic rings. The van der Waals surface area contributed by atoms with Crippen LogP contribution in [0.1, 0.15) is 87.6 Å². The normalized spacial score (nSPS) is 11.0. The van der Waals surface area contributed by atoms with Crippen LogP contribution < -0.4 is 9.47 Å². The molecule has 0 aliphatic rings. The molecule has 0 unspecified atom stereocenters. The Morgan fingerprint density at radius 1 is 0.660 bits per heavy atom. The van der Waals surface area contributed by atoms with Gasteiger partial charge in [-0.2, -0.15) is 0 Å². The van der Waals surface area contributed by atoms with Crippen molar-refractivity contribution in [3.05, 3.63) is 107 Å². The summed E-state index contributed by atoms with van der Waals surface area (Å²) in [6.45, 7) is 14.8. The standard InChI is InChI=1S/C41H52O6/c1-7-9-10-12-30-15-17-31(18-16-30)19-20-32-21-22-36(34(8-2)23-32)37-25-38(46-40(44)28(3)4)35(14-11-13-33(26-42)27-43)24-39(37)47-41(45)29(5)6/h15-18,21-25,33,42-43H,3,5,7-14,19-20,26-27H2,1-2,4,6H3. The molecular formula is C41H52O6. The van der Waals surface area contributed by atoms with Crippen LogP contribution in [0.4, 0.5) is 0 Å². The SMILES string of the molecule is C=C(C)C(=O)Oc1cc(-c2ccc(CCc3ccc(CCCCC)cc3)cc2CC)c(OC(=O)C(=C)C)cc1CCCC(CO)CO. The van der Waals surface area contributed by atoms with Crippen LogP contribution in [0.15, 0.2) is 78.9 Å². The van der Waals surface area contributed by atoms with E-state index in [1.165, 1.54) is 36.0 Å². The smallest absolute Gasteiger partial charge is 0.338 e. The highest BCUT2D eigenvalue weighted by Gasteiger charge is 2.21. The van der Waals surface area contributed by atoms with Gasteiger partial charge in [-0.3, -0.25) is 0 Å². The Morgan fingerprint density at radius 3 is 1.81 bits per heavy atom. The Bertz CT molecular complexity index is 1510. The summed E-state index contributed by atoms with van der Waals surface area (Å²) in [5.74, 6) is -0.623. The van der Waals surface area contributed by atoms with E-state index < -0.39 is 11.9 Å². The monoisotopic (exact) mass is 640 g/mol. The zero-order valence-corrected chi connectivity index (χ0v) is 28.7. The summed E-state index contributed by atoms with van der Waals surface area (Å²) in [5.41, 5.74) is 7.73. The van der Waals surface area contributed by atoms with Crippen molar-refractivity contribution >= 4 is 11.9 Å². The van der Waals surface area contributed by atoms with Crippen molar-refractivity contribution < 1.29 is 29.3 Å². The fourth-order valence-corrected chi connectivity index (χ4v) is 5.48. The van der Waals surface area contributed by atoms with Crippen molar-refractivity contribution in [1.29, 1.82) is 0 Å². The second-order valence-electron chi connectivity index (χ2n) is 12.5. The highest BCUT2D eigenvalue weighted by molar-refractivity contribution is 5.92. The predicted octanol–water partition coefficient (Wildman–Crippen LogP) is 8.32. The second kappa shape index (κ2) is 19.0. The zero-order chi connectivity index (χ0) is 34.3. The maximum atomic E-state index is 12.8. The molecule has 0 aliphatic carbocycles.